The van der Waals surface area contributed by atoms with Crippen molar-refractivity contribution in [3.05, 3.63) is 28.3 Å². The number of hydrogen-bond acceptors (Lipinski definition) is 7. The van der Waals surface area contributed by atoms with Crippen LogP contribution in [0.15, 0.2) is 18.2 Å². The number of rotatable bonds is 3. The molecule has 5 rings (SSSR count). The molecule has 1 aliphatic heterocycles. The minimum atomic E-state index is -0.467. The number of carbonyl (C=O) groups is 2. The molecular weight excluding hydrogens is 426 g/mol. The SMILES string of the molecule is O=C(Nc1nc2ccc([N+](=O)[O-])cc2s1)C1C2CC3C(OC(=O)C31)C2Br. The van der Waals surface area contributed by atoms with Gasteiger partial charge in [0.2, 0.25) is 5.91 Å². The first-order chi connectivity index (χ1) is 12.4. The number of anilines is 1. The van der Waals surface area contributed by atoms with E-state index < -0.39 is 10.8 Å². The lowest BCUT2D eigenvalue weighted by Gasteiger charge is -2.27. The molecule has 1 saturated heterocycles. The van der Waals surface area contributed by atoms with Gasteiger partial charge in [-0.25, -0.2) is 4.98 Å². The summed E-state index contributed by atoms with van der Waals surface area (Å²) in [4.78, 5) is 39.7. The molecule has 3 fully saturated rings. The van der Waals surface area contributed by atoms with Crippen LogP contribution >= 0.6 is 27.3 Å². The Morgan fingerprint density at radius 3 is 3.00 bits per heavy atom. The first-order valence-electron chi connectivity index (χ1n) is 8.14. The van der Waals surface area contributed by atoms with Crippen molar-refractivity contribution in [1.82, 2.24) is 4.98 Å². The number of carbonyl (C=O) groups excluding carboxylic acids is 2. The zero-order valence-corrected chi connectivity index (χ0v) is 15.5. The highest BCUT2D eigenvalue weighted by Gasteiger charge is 2.67. The third kappa shape index (κ3) is 2.14. The maximum Gasteiger partial charge on any atom is 0.310 e. The van der Waals surface area contributed by atoms with Gasteiger partial charge in [0.1, 0.15) is 6.10 Å². The van der Waals surface area contributed by atoms with Crippen molar-refractivity contribution in [2.75, 3.05) is 5.32 Å². The number of hydrogen-bond donors (Lipinski definition) is 1. The standard InChI is InChI=1S/C16H12BrN3O5S/c17-12-6-4-7-11(15(22)25-13(7)12)10(6)14(21)19-16-18-8-2-1-5(20(23)24)3-9(8)26-16/h1-3,6-7,10-13H,4H2,(H,18,19,21). The summed E-state index contributed by atoms with van der Waals surface area (Å²) < 4.78 is 6.05. The van der Waals surface area contributed by atoms with Crippen LogP contribution < -0.4 is 5.32 Å². The van der Waals surface area contributed by atoms with Crippen LogP contribution in [-0.4, -0.2) is 32.7 Å². The third-order valence-corrected chi connectivity index (χ3v) is 7.77. The molecule has 0 spiro atoms. The molecule has 6 unspecified atom stereocenters. The van der Waals surface area contributed by atoms with Gasteiger partial charge in [0, 0.05) is 18.1 Å². The molecule has 1 aromatic carbocycles. The summed E-state index contributed by atoms with van der Waals surface area (Å²) in [6.07, 6.45) is 0.686. The van der Waals surface area contributed by atoms with Crippen LogP contribution in [-0.2, 0) is 14.3 Å². The Bertz CT molecular complexity index is 978. The number of nitro benzene ring substituents is 1. The van der Waals surface area contributed by atoms with E-state index in [1.807, 2.05) is 0 Å². The molecule has 2 saturated carbocycles. The molecule has 1 aromatic heterocycles. The molecule has 10 heteroatoms. The Labute approximate surface area is 159 Å². The third-order valence-electron chi connectivity index (χ3n) is 5.64. The van der Waals surface area contributed by atoms with E-state index in [0.29, 0.717) is 15.3 Å². The van der Waals surface area contributed by atoms with Gasteiger partial charge in [-0.2, -0.15) is 0 Å². The predicted octanol–water partition coefficient (Wildman–Crippen LogP) is 2.71. The van der Waals surface area contributed by atoms with Crippen LogP contribution in [0.1, 0.15) is 6.42 Å². The van der Waals surface area contributed by atoms with Crippen molar-refractivity contribution in [2.45, 2.75) is 17.4 Å². The second kappa shape index (κ2) is 5.46. The smallest absolute Gasteiger partial charge is 0.310 e. The van der Waals surface area contributed by atoms with Gasteiger partial charge in [-0.3, -0.25) is 19.7 Å². The van der Waals surface area contributed by atoms with E-state index in [4.69, 9.17) is 4.74 Å². The summed E-state index contributed by atoms with van der Waals surface area (Å²) >= 11 is 4.77. The number of alkyl halides is 1. The second-order valence-electron chi connectivity index (χ2n) is 6.88. The Hall–Kier alpha value is -2.07. The zero-order valence-electron chi connectivity index (χ0n) is 13.1. The van der Waals surface area contributed by atoms with E-state index in [0.717, 1.165) is 6.42 Å². The van der Waals surface area contributed by atoms with Crippen molar-refractivity contribution in [2.24, 2.45) is 23.7 Å². The van der Waals surface area contributed by atoms with Gasteiger partial charge >= 0.3 is 5.97 Å². The summed E-state index contributed by atoms with van der Waals surface area (Å²) in [5.74, 6) is -1.17. The number of nitrogens with zero attached hydrogens (tertiary/aromatic N) is 2. The quantitative estimate of drug-likeness (QED) is 0.342. The van der Waals surface area contributed by atoms with E-state index in [-0.39, 0.29) is 46.2 Å². The number of non-ortho nitro benzene ring substituents is 1. The minimum absolute atomic E-state index is 0.00367. The van der Waals surface area contributed by atoms with Crippen LogP contribution in [0.3, 0.4) is 0 Å². The van der Waals surface area contributed by atoms with Crippen molar-refractivity contribution < 1.29 is 19.2 Å². The van der Waals surface area contributed by atoms with Gasteiger partial charge < -0.3 is 10.1 Å². The lowest BCUT2D eigenvalue weighted by Crippen LogP contribution is -2.40. The molecule has 3 aliphatic rings. The molecule has 0 radical (unpaired) electrons. The number of benzene rings is 1. The van der Waals surface area contributed by atoms with Crippen molar-refractivity contribution in [3.63, 3.8) is 0 Å². The molecule has 2 heterocycles. The summed E-state index contributed by atoms with van der Waals surface area (Å²) in [6.45, 7) is 0. The molecule has 6 atom stereocenters. The first-order valence-corrected chi connectivity index (χ1v) is 9.87. The van der Waals surface area contributed by atoms with Gasteiger partial charge in [-0.1, -0.05) is 27.3 Å². The maximum absolute atomic E-state index is 12.9. The predicted molar refractivity (Wildman–Crippen MR) is 96.1 cm³/mol. The second-order valence-corrected chi connectivity index (χ2v) is 8.97. The summed E-state index contributed by atoms with van der Waals surface area (Å²) in [5, 5.41) is 14.1. The minimum Gasteiger partial charge on any atom is -0.461 e. The van der Waals surface area contributed by atoms with Crippen LogP contribution in [0.2, 0.25) is 0 Å². The van der Waals surface area contributed by atoms with Gasteiger partial charge in [-0.15, -0.1) is 0 Å². The van der Waals surface area contributed by atoms with Crippen LogP contribution in [0.4, 0.5) is 10.8 Å². The number of aromatic nitrogens is 1. The van der Waals surface area contributed by atoms with Gasteiger partial charge in [0.05, 0.1) is 31.8 Å². The molecule has 2 aromatic rings. The van der Waals surface area contributed by atoms with Crippen molar-refractivity contribution in [1.29, 1.82) is 0 Å². The number of esters is 1. The topological polar surface area (TPSA) is 111 Å². The Balaban J connectivity index is 1.41. The number of amides is 1. The molecule has 26 heavy (non-hydrogen) atoms. The summed E-state index contributed by atoms with van der Waals surface area (Å²) in [7, 11) is 0. The molecule has 134 valence electrons. The van der Waals surface area contributed by atoms with Gasteiger partial charge in [0.25, 0.3) is 5.69 Å². The molecule has 2 aliphatic carbocycles. The highest BCUT2D eigenvalue weighted by Crippen LogP contribution is 2.60. The Kier molecular flexibility index (Phi) is 3.39. The Morgan fingerprint density at radius 1 is 1.42 bits per heavy atom. The summed E-state index contributed by atoms with van der Waals surface area (Å²) in [6, 6.07) is 4.38. The van der Waals surface area contributed by atoms with E-state index >= 15 is 0 Å². The number of nitrogens with one attached hydrogen (secondary N) is 1. The molecule has 8 nitrogen and oxygen atoms in total. The van der Waals surface area contributed by atoms with Crippen LogP contribution in [0, 0.1) is 33.8 Å². The largest absolute Gasteiger partial charge is 0.461 e. The zero-order chi connectivity index (χ0) is 18.2. The number of nitro groups is 1. The monoisotopic (exact) mass is 437 g/mol. The number of thiazole rings is 1. The van der Waals surface area contributed by atoms with Crippen molar-refractivity contribution >= 4 is 60.2 Å². The highest BCUT2D eigenvalue weighted by atomic mass is 79.9. The number of fused-ring (bicyclic) bond motifs is 2. The lowest BCUT2D eigenvalue weighted by molar-refractivity contribution is -0.384. The van der Waals surface area contributed by atoms with Crippen molar-refractivity contribution in [3.8, 4) is 0 Å². The number of ether oxygens (including phenoxy) is 1. The average molecular weight is 438 g/mol. The van der Waals surface area contributed by atoms with E-state index in [1.54, 1.807) is 6.07 Å². The molecule has 2 bridgehead atoms. The average Bonchev–Trinajstić information content (AvgIpc) is 3.29. The highest BCUT2D eigenvalue weighted by molar-refractivity contribution is 9.09. The fourth-order valence-corrected chi connectivity index (χ4v) is 6.55. The van der Waals surface area contributed by atoms with E-state index in [1.165, 1.54) is 23.5 Å². The molecule has 1 amide bonds. The van der Waals surface area contributed by atoms with E-state index in [9.17, 15) is 19.7 Å². The van der Waals surface area contributed by atoms with Gasteiger partial charge in [0.15, 0.2) is 5.13 Å². The number of halogens is 1. The first kappa shape index (κ1) is 16.1. The fraction of sp³-hybridized carbons (Fsp3) is 0.438. The van der Waals surface area contributed by atoms with Crippen LogP contribution in [0.25, 0.3) is 10.2 Å². The fourth-order valence-electron chi connectivity index (χ4n) is 4.60. The normalized spacial score (nSPS) is 34.3. The maximum atomic E-state index is 12.9. The van der Waals surface area contributed by atoms with Crippen LogP contribution in [0.5, 0.6) is 0 Å². The molecular formula is C16H12BrN3O5S. The Morgan fingerprint density at radius 2 is 2.23 bits per heavy atom. The van der Waals surface area contributed by atoms with Gasteiger partial charge in [-0.05, 0) is 18.4 Å². The molecule has 1 N–H and O–H groups in total. The lowest BCUT2D eigenvalue weighted by atomic mass is 9.79. The van der Waals surface area contributed by atoms with E-state index in [2.05, 4.69) is 26.2 Å². The summed E-state index contributed by atoms with van der Waals surface area (Å²) in [5.41, 5.74) is 0.566.